The van der Waals surface area contributed by atoms with Crippen LogP contribution in [-0.4, -0.2) is 68.0 Å². The van der Waals surface area contributed by atoms with E-state index < -0.39 is 30.7 Å². The molecule has 1 aliphatic rings. The van der Waals surface area contributed by atoms with E-state index >= 15 is 0 Å². The van der Waals surface area contributed by atoms with Crippen molar-refractivity contribution in [2.45, 2.75) is 31.2 Å². The van der Waals surface area contributed by atoms with Gasteiger partial charge < -0.3 is 26.0 Å². The molecule has 2 unspecified atom stereocenters. The Balaban J connectivity index is 1.60. The van der Waals surface area contributed by atoms with E-state index in [1.54, 1.807) is 24.3 Å². The molecular weight excluding hydrogens is 522 g/mol. The van der Waals surface area contributed by atoms with E-state index in [2.05, 4.69) is 27.5 Å². The number of nitrogens with zero attached hydrogens (tertiary/aromatic N) is 2. The fourth-order valence-electron chi connectivity index (χ4n) is 4.31. The van der Waals surface area contributed by atoms with Crippen LogP contribution in [0.5, 0.6) is 5.88 Å². The number of amides is 1. The number of piperidine rings is 1. The number of ether oxygens (including phenoxy) is 1. The van der Waals surface area contributed by atoms with E-state index in [9.17, 15) is 22.4 Å². The smallest absolute Gasteiger partial charge is 0.393 e. The van der Waals surface area contributed by atoms with Crippen molar-refractivity contribution in [3.8, 4) is 17.7 Å². The van der Waals surface area contributed by atoms with Gasteiger partial charge in [0, 0.05) is 13.1 Å². The van der Waals surface area contributed by atoms with Gasteiger partial charge in [0.15, 0.2) is 0 Å². The predicted molar refractivity (Wildman–Crippen MR) is 141 cm³/mol. The maximum Gasteiger partial charge on any atom is 0.393 e. The fourth-order valence-corrected chi connectivity index (χ4v) is 5.48. The number of carbonyl (C=O) groups excluding carboxylic acids is 1. The number of hydrogen-bond donors (Lipinski definition) is 3. The van der Waals surface area contributed by atoms with Crippen molar-refractivity contribution in [2.75, 3.05) is 44.4 Å². The molecule has 3 aromatic rings. The van der Waals surface area contributed by atoms with E-state index in [0.29, 0.717) is 39.3 Å². The van der Waals surface area contributed by atoms with E-state index in [0.717, 1.165) is 17.9 Å². The number of nitrogens with two attached hydrogens (primary N) is 1. The number of primary amides is 1. The molecule has 1 fully saturated rings. The third-order valence-corrected chi connectivity index (χ3v) is 7.35. The Morgan fingerprint density at radius 3 is 2.76 bits per heavy atom. The van der Waals surface area contributed by atoms with Crippen LogP contribution in [0.25, 0.3) is 10.1 Å². The van der Waals surface area contributed by atoms with Gasteiger partial charge in [0.05, 0.1) is 47.1 Å². The molecule has 2 aromatic heterocycles. The lowest BCUT2D eigenvalue weighted by atomic mass is 10.0. The number of fused-ring (bicyclic) bond motifs is 1. The number of rotatable bonds is 7. The zero-order chi connectivity index (χ0) is 27.4. The largest absolute Gasteiger partial charge is 0.480 e. The minimum Gasteiger partial charge on any atom is -0.480 e. The normalized spacial score (nSPS) is 18.1. The minimum absolute atomic E-state index is 0.0318. The first-order valence-corrected chi connectivity index (χ1v) is 12.6. The Kier molecular flexibility index (Phi) is 8.28. The van der Waals surface area contributed by atoms with Crippen molar-refractivity contribution in [1.29, 1.82) is 0 Å². The first-order valence-electron chi connectivity index (χ1n) is 11.8. The van der Waals surface area contributed by atoms with Crippen LogP contribution in [0.4, 0.5) is 28.9 Å². The first kappa shape index (κ1) is 27.5. The molecule has 4 N–H and O–H groups in total. The average molecular weight is 550 g/mol. The summed E-state index contributed by atoms with van der Waals surface area (Å²) in [5.41, 5.74) is 6.41. The van der Waals surface area contributed by atoms with Crippen molar-refractivity contribution >= 4 is 38.7 Å². The summed E-state index contributed by atoms with van der Waals surface area (Å²) in [6.07, 6.45) is -6.05. The quantitative estimate of drug-likeness (QED) is 0.299. The molecule has 2 atom stereocenters. The van der Waals surface area contributed by atoms with Crippen LogP contribution in [0.15, 0.2) is 30.3 Å². The van der Waals surface area contributed by atoms with Crippen LogP contribution in [0.1, 0.15) is 27.3 Å². The van der Waals surface area contributed by atoms with Gasteiger partial charge in [-0.25, -0.2) is 9.37 Å². The SMILES string of the molecule is COc1nc(C(N)=O)ccc1NCC#Cc1sc2c(NC3CCN(C)CC3F)cccc2c1CC(F)(F)F. The van der Waals surface area contributed by atoms with Crippen LogP contribution < -0.4 is 21.1 Å². The molecule has 1 aliphatic heterocycles. The summed E-state index contributed by atoms with van der Waals surface area (Å²) in [6, 6.07) is 7.63. The molecule has 0 aliphatic carbocycles. The molecule has 0 radical (unpaired) electrons. The van der Waals surface area contributed by atoms with E-state index in [-0.39, 0.29) is 23.7 Å². The summed E-state index contributed by atoms with van der Waals surface area (Å²) in [4.78, 5) is 17.5. The number of anilines is 2. The average Bonchev–Trinajstić information content (AvgIpc) is 3.20. The third kappa shape index (κ3) is 6.46. The zero-order valence-corrected chi connectivity index (χ0v) is 21.6. The lowest BCUT2D eigenvalue weighted by Crippen LogP contribution is -2.46. The molecule has 0 bridgehead atoms. The lowest BCUT2D eigenvalue weighted by molar-refractivity contribution is -0.126. The van der Waals surface area contributed by atoms with Gasteiger partial charge in [0.2, 0.25) is 5.88 Å². The standard InChI is InChI=1S/C26H27F4N5O2S/c1-35-12-10-18(17(27)14-35)33-19-6-3-5-15-16(13-26(28,29)30)22(38-23(15)19)7-4-11-32-21-9-8-20(24(31)36)34-25(21)37-2/h3,5-6,8-9,17-18,32-33H,10-14H2,1-2H3,(H2,31,36). The molecule has 0 spiro atoms. The number of aromatic nitrogens is 1. The van der Waals surface area contributed by atoms with Gasteiger partial charge in [0.1, 0.15) is 11.9 Å². The number of hydrogen-bond acceptors (Lipinski definition) is 7. The maximum absolute atomic E-state index is 14.6. The number of thiophene rings is 1. The number of halogens is 4. The van der Waals surface area contributed by atoms with Crippen molar-refractivity contribution in [2.24, 2.45) is 5.73 Å². The number of pyridine rings is 1. The number of likely N-dealkylation sites (tertiary alicyclic amines) is 1. The van der Waals surface area contributed by atoms with E-state index in [1.165, 1.54) is 13.2 Å². The Morgan fingerprint density at radius 1 is 1.29 bits per heavy atom. The maximum atomic E-state index is 14.6. The van der Waals surface area contributed by atoms with Gasteiger partial charge in [-0.05, 0) is 42.6 Å². The summed E-state index contributed by atoms with van der Waals surface area (Å²) in [7, 11) is 3.24. The second-order valence-corrected chi connectivity index (χ2v) is 10.00. The van der Waals surface area contributed by atoms with Crippen LogP contribution in [0.2, 0.25) is 0 Å². The monoisotopic (exact) mass is 549 g/mol. The molecule has 3 heterocycles. The third-order valence-electron chi connectivity index (χ3n) is 6.16. The van der Waals surface area contributed by atoms with Crippen LogP contribution in [-0.2, 0) is 6.42 Å². The topological polar surface area (TPSA) is 92.5 Å². The number of nitrogens with one attached hydrogen (secondary N) is 2. The molecule has 12 heteroatoms. The van der Waals surface area contributed by atoms with Crippen LogP contribution in [0.3, 0.4) is 0 Å². The molecule has 38 heavy (non-hydrogen) atoms. The van der Waals surface area contributed by atoms with Gasteiger partial charge in [-0.15, -0.1) is 11.3 Å². The van der Waals surface area contributed by atoms with E-state index in [4.69, 9.17) is 10.5 Å². The highest BCUT2D eigenvalue weighted by Crippen LogP contribution is 2.39. The molecule has 0 saturated carbocycles. The molecular formula is C26H27F4N5O2S. The molecule has 1 saturated heterocycles. The summed E-state index contributed by atoms with van der Waals surface area (Å²) < 4.78 is 60.9. The van der Waals surface area contributed by atoms with E-state index in [1.807, 2.05) is 11.9 Å². The van der Waals surface area contributed by atoms with Crippen molar-refractivity contribution in [1.82, 2.24) is 9.88 Å². The van der Waals surface area contributed by atoms with Crippen molar-refractivity contribution < 1.29 is 27.1 Å². The molecule has 1 amide bonds. The second kappa shape index (κ2) is 11.4. The van der Waals surface area contributed by atoms with Gasteiger partial charge in [0.25, 0.3) is 5.91 Å². The Hall–Kier alpha value is -3.56. The summed E-state index contributed by atoms with van der Waals surface area (Å²) >= 11 is 1.16. The van der Waals surface area contributed by atoms with Crippen LogP contribution in [0, 0.1) is 11.8 Å². The fraction of sp³-hybridized carbons (Fsp3) is 0.385. The second-order valence-electron chi connectivity index (χ2n) is 8.97. The Bertz CT molecular complexity index is 1380. The number of methoxy groups -OCH3 is 1. The van der Waals surface area contributed by atoms with Crippen molar-refractivity contribution in [3.05, 3.63) is 46.5 Å². The molecule has 7 nitrogen and oxygen atoms in total. The summed E-state index contributed by atoms with van der Waals surface area (Å²) in [5, 5.41) is 6.66. The number of carbonyl (C=O) groups is 1. The molecule has 1 aromatic carbocycles. The summed E-state index contributed by atoms with van der Waals surface area (Å²) in [6.45, 7) is 1.11. The lowest BCUT2D eigenvalue weighted by Gasteiger charge is -2.33. The number of benzene rings is 1. The number of alkyl halides is 4. The Morgan fingerprint density at radius 2 is 2.08 bits per heavy atom. The molecule has 202 valence electrons. The highest BCUT2D eigenvalue weighted by molar-refractivity contribution is 7.20. The van der Waals surface area contributed by atoms with Gasteiger partial charge in [-0.3, -0.25) is 4.79 Å². The molecule has 4 rings (SSSR count). The highest BCUT2D eigenvalue weighted by atomic mass is 32.1. The minimum atomic E-state index is -4.43. The van der Waals surface area contributed by atoms with Gasteiger partial charge >= 0.3 is 6.18 Å². The van der Waals surface area contributed by atoms with Gasteiger partial charge in [-0.2, -0.15) is 13.2 Å². The van der Waals surface area contributed by atoms with Gasteiger partial charge in [-0.1, -0.05) is 24.0 Å². The first-order chi connectivity index (χ1) is 18.1. The predicted octanol–water partition coefficient (Wildman–Crippen LogP) is 4.43. The van der Waals surface area contributed by atoms with Crippen LogP contribution >= 0.6 is 11.3 Å². The highest BCUT2D eigenvalue weighted by Gasteiger charge is 2.32. The Labute approximate surface area is 221 Å². The zero-order valence-electron chi connectivity index (χ0n) is 20.8. The van der Waals surface area contributed by atoms with Crippen molar-refractivity contribution in [3.63, 3.8) is 0 Å². The summed E-state index contributed by atoms with van der Waals surface area (Å²) in [5.74, 6) is 5.16.